The molecule has 0 aromatic carbocycles. The van der Waals surface area contributed by atoms with Gasteiger partial charge in [0.25, 0.3) is 0 Å². The minimum Gasteiger partial charge on any atom is -0.368 e. The molecular formula is C6H11FN2O. The van der Waals surface area contributed by atoms with Crippen molar-refractivity contribution >= 4 is 5.91 Å². The van der Waals surface area contributed by atoms with E-state index >= 15 is 0 Å². The number of primary amides is 1. The molecule has 0 saturated carbocycles. The average Bonchev–Trinajstić information content (AvgIpc) is 2.10. The van der Waals surface area contributed by atoms with Crippen molar-refractivity contribution in [3.05, 3.63) is 0 Å². The van der Waals surface area contributed by atoms with Crippen molar-refractivity contribution in [3.8, 4) is 0 Å². The van der Waals surface area contributed by atoms with Crippen molar-refractivity contribution in [2.24, 2.45) is 5.73 Å². The molecule has 1 fully saturated rings. The van der Waals surface area contributed by atoms with Crippen LogP contribution in [0.25, 0.3) is 0 Å². The van der Waals surface area contributed by atoms with Crippen LogP contribution >= 0.6 is 0 Å². The zero-order chi connectivity index (χ0) is 7.72. The molecule has 2 atom stereocenters. The van der Waals surface area contributed by atoms with E-state index in [-0.39, 0.29) is 6.42 Å². The number of nitrogens with zero attached hydrogens (tertiary/aromatic N) is 1. The van der Waals surface area contributed by atoms with Crippen LogP contribution in [0.2, 0.25) is 0 Å². The summed E-state index contributed by atoms with van der Waals surface area (Å²) >= 11 is 0. The lowest BCUT2D eigenvalue weighted by molar-refractivity contribution is -0.121. The molecule has 0 unspecified atom stereocenters. The van der Waals surface area contributed by atoms with E-state index in [4.69, 9.17) is 5.73 Å². The van der Waals surface area contributed by atoms with E-state index in [0.717, 1.165) is 0 Å². The molecule has 2 N–H and O–H groups in total. The maximum atomic E-state index is 12.5. The van der Waals surface area contributed by atoms with E-state index < -0.39 is 18.1 Å². The van der Waals surface area contributed by atoms with Gasteiger partial charge >= 0.3 is 0 Å². The summed E-state index contributed by atoms with van der Waals surface area (Å²) < 4.78 is 12.5. The van der Waals surface area contributed by atoms with E-state index in [1.54, 1.807) is 11.9 Å². The number of likely N-dealkylation sites (N-methyl/N-ethyl adjacent to an activating group) is 1. The number of halogens is 1. The molecular weight excluding hydrogens is 135 g/mol. The Morgan fingerprint density at radius 1 is 1.80 bits per heavy atom. The largest absolute Gasteiger partial charge is 0.368 e. The predicted molar refractivity (Wildman–Crippen MR) is 35.1 cm³/mol. The minimum absolute atomic E-state index is 0.256. The lowest BCUT2D eigenvalue weighted by Crippen LogP contribution is -2.37. The highest BCUT2D eigenvalue weighted by molar-refractivity contribution is 5.80. The highest BCUT2D eigenvalue weighted by Crippen LogP contribution is 2.17. The second kappa shape index (κ2) is 2.54. The van der Waals surface area contributed by atoms with E-state index in [0.29, 0.717) is 6.54 Å². The van der Waals surface area contributed by atoms with E-state index in [1.807, 2.05) is 0 Å². The predicted octanol–water partition coefficient (Wildman–Crippen LogP) is -0.486. The SMILES string of the molecule is CN1C[C@H](F)C[C@H]1C(N)=O. The first kappa shape index (κ1) is 7.47. The number of nitrogens with two attached hydrogens (primary N) is 1. The average molecular weight is 146 g/mol. The summed E-state index contributed by atoms with van der Waals surface area (Å²) in [6.45, 7) is 0.327. The van der Waals surface area contributed by atoms with Crippen LogP contribution in [0.1, 0.15) is 6.42 Å². The lowest BCUT2D eigenvalue weighted by atomic mass is 10.2. The van der Waals surface area contributed by atoms with Gasteiger partial charge in [0.15, 0.2) is 0 Å². The zero-order valence-electron chi connectivity index (χ0n) is 5.88. The molecule has 0 radical (unpaired) electrons. The molecule has 0 aromatic heterocycles. The van der Waals surface area contributed by atoms with Crippen LogP contribution in [0.3, 0.4) is 0 Å². The maximum Gasteiger partial charge on any atom is 0.234 e. The summed E-state index contributed by atoms with van der Waals surface area (Å²) in [4.78, 5) is 12.2. The van der Waals surface area contributed by atoms with Crippen LogP contribution in [-0.4, -0.2) is 36.6 Å². The van der Waals surface area contributed by atoms with Gasteiger partial charge in [-0.3, -0.25) is 9.69 Å². The van der Waals surface area contributed by atoms with Gasteiger partial charge in [-0.1, -0.05) is 0 Å². The first-order valence-corrected chi connectivity index (χ1v) is 3.25. The number of alkyl halides is 1. The second-order valence-corrected chi connectivity index (χ2v) is 2.69. The first-order valence-electron chi connectivity index (χ1n) is 3.25. The van der Waals surface area contributed by atoms with Crippen LogP contribution in [0.15, 0.2) is 0 Å². The Morgan fingerprint density at radius 2 is 2.40 bits per heavy atom. The second-order valence-electron chi connectivity index (χ2n) is 2.69. The Balaban J connectivity index is 2.54. The van der Waals surface area contributed by atoms with Crippen LogP contribution in [0.5, 0.6) is 0 Å². The topological polar surface area (TPSA) is 46.3 Å². The van der Waals surface area contributed by atoms with Crippen molar-refractivity contribution in [3.63, 3.8) is 0 Å². The third kappa shape index (κ3) is 1.26. The fraction of sp³-hybridized carbons (Fsp3) is 0.833. The third-order valence-electron chi connectivity index (χ3n) is 1.83. The molecule has 1 saturated heterocycles. The lowest BCUT2D eigenvalue weighted by Gasteiger charge is -2.13. The van der Waals surface area contributed by atoms with Gasteiger partial charge in [-0.2, -0.15) is 0 Å². The number of carbonyl (C=O) groups is 1. The van der Waals surface area contributed by atoms with Crippen molar-refractivity contribution in [1.29, 1.82) is 0 Å². The summed E-state index contributed by atoms with van der Waals surface area (Å²) in [6.07, 6.45) is -0.631. The monoisotopic (exact) mass is 146 g/mol. The number of rotatable bonds is 1. The minimum atomic E-state index is -0.887. The fourth-order valence-corrected chi connectivity index (χ4v) is 1.27. The van der Waals surface area contributed by atoms with Crippen LogP contribution in [0, 0.1) is 0 Å². The molecule has 0 aliphatic carbocycles. The number of carbonyl (C=O) groups excluding carboxylic acids is 1. The van der Waals surface area contributed by atoms with E-state index in [9.17, 15) is 9.18 Å². The molecule has 0 aromatic rings. The van der Waals surface area contributed by atoms with Gasteiger partial charge < -0.3 is 5.73 Å². The number of likely N-dealkylation sites (tertiary alicyclic amines) is 1. The summed E-state index contributed by atoms with van der Waals surface area (Å²) in [5, 5.41) is 0. The van der Waals surface area contributed by atoms with Crippen molar-refractivity contribution in [2.45, 2.75) is 18.6 Å². The summed E-state index contributed by atoms with van der Waals surface area (Å²) in [5.74, 6) is -0.428. The van der Waals surface area contributed by atoms with Crippen LogP contribution < -0.4 is 5.73 Å². The maximum absolute atomic E-state index is 12.5. The summed E-state index contributed by atoms with van der Waals surface area (Å²) in [5.41, 5.74) is 5.00. The molecule has 1 heterocycles. The smallest absolute Gasteiger partial charge is 0.234 e. The molecule has 10 heavy (non-hydrogen) atoms. The van der Waals surface area contributed by atoms with E-state index in [2.05, 4.69) is 0 Å². The van der Waals surface area contributed by atoms with Crippen molar-refractivity contribution in [1.82, 2.24) is 4.90 Å². The van der Waals surface area contributed by atoms with Crippen molar-refractivity contribution in [2.75, 3.05) is 13.6 Å². The number of hydrogen-bond acceptors (Lipinski definition) is 2. The van der Waals surface area contributed by atoms with E-state index in [1.165, 1.54) is 0 Å². The number of hydrogen-bond donors (Lipinski definition) is 1. The molecule has 3 nitrogen and oxygen atoms in total. The molecule has 58 valence electrons. The first-order chi connectivity index (χ1) is 4.61. The molecule has 1 aliphatic rings. The quantitative estimate of drug-likeness (QED) is 0.542. The Bertz CT molecular complexity index is 151. The Morgan fingerprint density at radius 3 is 2.60 bits per heavy atom. The van der Waals surface area contributed by atoms with Gasteiger partial charge in [0.05, 0.1) is 6.04 Å². The van der Waals surface area contributed by atoms with Crippen molar-refractivity contribution < 1.29 is 9.18 Å². The highest BCUT2D eigenvalue weighted by atomic mass is 19.1. The summed E-state index contributed by atoms with van der Waals surface area (Å²) in [7, 11) is 1.70. The fourth-order valence-electron chi connectivity index (χ4n) is 1.27. The Labute approximate surface area is 59.0 Å². The molecule has 0 spiro atoms. The highest BCUT2D eigenvalue weighted by Gasteiger charge is 2.32. The molecule has 0 bridgehead atoms. The standard InChI is InChI=1S/C6H11FN2O/c1-9-3-4(7)2-5(9)6(8)10/h4-5H,2-3H2,1H3,(H2,8,10)/t4-,5+/m1/s1. The molecule has 1 amide bonds. The Kier molecular flexibility index (Phi) is 1.89. The van der Waals surface area contributed by atoms with Gasteiger partial charge in [0, 0.05) is 13.0 Å². The molecule has 1 rings (SSSR count). The van der Waals surface area contributed by atoms with Gasteiger partial charge in [0.2, 0.25) is 5.91 Å². The van der Waals surface area contributed by atoms with Crippen LogP contribution in [-0.2, 0) is 4.79 Å². The number of amides is 1. The van der Waals surface area contributed by atoms with Gasteiger partial charge in [-0.15, -0.1) is 0 Å². The third-order valence-corrected chi connectivity index (χ3v) is 1.83. The molecule has 4 heteroatoms. The zero-order valence-corrected chi connectivity index (χ0v) is 5.88. The van der Waals surface area contributed by atoms with Gasteiger partial charge in [-0.05, 0) is 7.05 Å². The Hall–Kier alpha value is -0.640. The van der Waals surface area contributed by atoms with Crippen LogP contribution in [0.4, 0.5) is 4.39 Å². The normalized spacial score (nSPS) is 34.6. The van der Waals surface area contributed by atoms with Gasteiger partial charge in [0.1, 0.15) is 6.17 Å². The summed E-state index contributed by atoms with van der Waals surface area (Å²) in [6, 6.07) is -0.394. The molecule has 1 aliphatic heterocycles. The van der Waals surface area contributed by atoms with Gasteiger partial charge in [-0.25, -0.2) is 4.39 Å².